The lowest BCUT2D eigenvalue weighted by atomic mass is 10.1. The summed E-state index contributed by atoms with van der Waals surface area (Å²) in [4.78, 5) is 15.8. The maximum atomic E-state index is 12.9. The number of nitrogens with zero attached hydrogens (tertiary/aromatic N) is 1. The van der Waals surface area contributed by atoms with Crippen molar-refractivity contribution in [3.8, 4) is 5.75 Å². The predicted octanol–water partition coefficient (Wildman–Crippen LogP) is 5.53. The Bertz CT molecular complexity index is 894. The van der Waals surface area contributed by atoms with Crippen LogP contribution >= 0.6 is 22.9 Å². The topological polar surface area (TPSA) is 42.7 Å². The molecular weight excluding hydrogens is 382 g/mol. The molecule has 0 spiro atoms. The Balaban J connectivity index is 1.71. The van der Waals surface area contributed by atoms with Gasteiger partial charge in [0.2, 0.25) is 0 Å². The number of carbonyl (C=O) groups is 1. The van der Waals surface area contributed by atoms with E-state index in [0.29, 0.717) is 18.8 Å². The second-order valence-corrected chi connectivity index (χ2v) is 7.89. The van der Waals surface area contributed by atoms with E-state index < -0.39 is 0 Å². The second kappa shape index (κ2) is 8.63. The van der Waals surface area contributed by atoms with Gasteiger partial charge in [0, 0.05) is 9.90 Å². The van der Waals surface area contributed by atoms with Gasteiger partial charge in [-0.1, -0.05) is 11.6 Å². The highest BCUT2D eigenvalue weighted by Gasteiger charge is 2.18. The fourth-order valence-electron chi connectivity index (χ4n) is 2.79. The van der Waals surface area contributed by atoms with Gasteiger partial charge in [-0.2, -0.15) is 0 Å². The minimum atomic E-state index is -0.0931. The molecule has 0 aliphatic rings. The number of furan rings is 1. The first-order chi connectivity index (χ1) is 12.9. The summed E-state index contributed by atoms with van der Waals surface area (Å²) in [5.74, 6) is 1.30. The van der Waals surface area contributed by atoms with E-state index >= 15 is 0 Å². The summed E-state index contributed by atoms with van der Waals surface area (Å²) >= 11 is 7.84. The monoisotopic (exact) mass is 403 g/mol. The number of halogens is 1. The van der Waals surface area contributed by atoms with Gasteiger partial charge in [0.15, 0.2) is 6.61 Å². The molecule has 0 saturated carbocycles. The molecule has 0 unspecified atom stereocenters. The van der Waals surface area contributed by atoms with Gasteiger partial charge in [-0.15, -0.1) is 11.3 Å². The standard InChI is InChI=1S/C21H22ClNO3S/c1-14-6-8-27-19(14)12-23(11-17-5-4-7-25-17)20(24)13-26-18-9-15(2)21(22)16(3)10-18/h4-10H,11-13H2,1-3H3. The molecule has 0 fully saturated rings. The van der Waals surface area contributed by atoms with E-state index in [9.17, 15) is 4.79 Å². The number of aryl methyl sites for hydroxylation is 3. The molecule has 3 aromatic rings. The minimum absolute atomic E-state index is 0.0361. The number of amides is 1. The van der Waals surface area contributed by atoms with Gasteiger partial charge in [-0.25, -0.2) is 0 Å². The first kappa shape index (κ1) is 19.5. The number of carbonyl (C=O) groups excluding carboxylic acids is 1. The summed E-state index contributed by atoms with van der Waals surface area (Å²) in [6, 6.07) is 9.45. The average Bonchev–Trinajstić information content (AvgIpc) is 3.29. The summed E-state index contributed by atoms with van der Waals surface area (Å²) in [7, 11) is 0. The van der Waals surface area contributed by atoms with Crippen LogP contribution in [-0.4, -0.2) is 17.4 Å². The molecule has 142 valence electrons. The smallest absolute Gasteiger partial charge is 0.261 e. The molecule has 0 N–H and O–H groups in total. The molecule has 0 bridgehead atoms. The molecule has 0 radical (unpaired) electrons. The van der Waals surface area contributed by atoms with Crippen molar-refractivity contribution in [1.29, 1.82) is 0 Å². The normalized spacial score (nSPS) is 10.8. The first-order valence-corrected chi connectivity index (χ1v) is 9.92. The second-order valence-electron chi connectivity index (χ2n) is 6.52. The molecule has 0 saturated heterocycles. The molecule has 0 aliphatic heterocycles. The molecular formula is C21H22ClNO3S. The van der Waals surface area contributed by atoms with Crippen molar-refractivity contribution in [3.05, 3.63) is 74.3 Å². The highest BCUT2D eigenvalue weighted by Crippen LogP contribution is 2.26. The maximum absolute atomic E-state index is 12.9. The number of thiophene rings is 1. The van der Waals surface area contributed by atoms with Gasteiger partial charge in [0.05, 0.1) is 19.4 Å². The largest absolute Gasteiger partial charge is 0.484 e. The van der Waals surface area contributed by atoms with E-state index in [4.69, 9.17) is 20.8 Å². The third-order valence-corrected chi connectivity index (χ3v) is 5.96. The van der Waals surface area contributed by atoms with Crippen LogP contribution in [0, 0.1) is 20.8 Å². The van der Waals surface area contributed by atoms with Crippen LogP contribution in [0.4, 0.5) is 0 Å². The lowest BCUT2D eigenvalue weighted by Gasteiger charge is -2.22. The van der Waals surface area contributed by atoms with E-state index in [-0.39, 0.29) is 12.5 Å². The fourth-order valence-corrected chi connectivity index (χ4v) is 3.82. The Labute approximate surface area is 168 Å². The average molecular weight is 404 g/mol. The fraction of sp³-hybridized carbons (Fsp3) is 0.286. The number of benzene rings is 1. The van der Waals surface area contributed by atoms with Crippen LogP contribution in [0.5, 0.6) is 5.75 Å². The summed E-state index contributed by atoms with van der Waals surface area (Å²) in [6.07, 6.45) is 1.62. The number of hydrogen-bond acceptors (Lipinski definition) is 4. The third-order valence-electron chi connectivity index (χ3n) is 4.35. The van der Waals surface area contributed by atoms with Crippen LogP contribution in [0.2, 0.25) is 5.02 Å². The molecule has 2 aromatic heterocycles. The molecule has 1 aromatic carbocycles. The molecule has 27 heavy (non-hydrogen) atoms. The van der Waals surface area contributed by atoms with Crippen LogP contribution in [0.25, 0.3) is 0 Å². The minimum Gasteiger partial charge on any atom is -0.484 e. The van der Waals surface area contributed by atoms with Crippen molar-refractivity contribution in [2.75, 3.05) is 6.61 Å². The molecule has 2 heterocycles. The van der Waals surface area contributed by atoms with Crippen molar-refractivity contribution >= 4 is 28.8 Å². The number of ether oxygens (including phenoxy) is 1. The quantitative estimate of drug-likeness (QED) is 0.521. The summed E-state index contributed by atoms with van der Waals surface area (Å²) < 4.78 is 11.2. The van der Waals surface area contributed by atoms with Crippen molar-refractivity contribution in [2.24, 2.45) is 0 Å². The van der Waals surface area contributed by atoms with Crippen LogP contribution in [0.1, 0.15) is 27.3 Å². The van der Waals surface area contributed by atoms with Crippen LogP contribution < -0.4 is 4.74 Å². The zero-order valence-electron chi connectivity index (χ0n) is 15.6. The van der Waals surface area contributed by atoms with Gasteiger partial charge in [-0.3, -0.25) is 4.79 Å². The summed E-state index contributed by atoms with van der Waals surface area (Å²) in [5.41, 5.74) is 3.05. The lowest BCUT2D eigenvalue weighted by molar-refractivity contribution is -0.134. The third kappa shape index (κ3) is 4.93. The van der Waals surface area contributed by atoms with Crippen LogP contribution in [0.3, 0.4) is 0 Å². The van der Waals surface area contributed by atoms with E-state index in [1.165, 1.54) is 5.56 Å². The SMILES string of the molecule is Cc1ccsc1CN(Cc1ccco1)C(=O)COc1cc(C)c(Cl)c(C)c1. The Morgan fingerprint density at radius 1 is 1.15 bits per heavy atom. The van der Waals surface area contributed by atoms with E-state index in [1.54, 1.807) is 22.5 Å². The zero-order valence-corrected chi connectivity index (χ0v) is 17.2. The van der Waals surface area contributed by atoms with Crippen LogP contribution in [-0.2, 0) is 17.9 Å². The molecule has 0 atom stereocenters. The van der Waals surface area contributed by atoms with Crippen molar-refractivity contribution < 1.29 is 13.9 Å². The van der Waals surface area contributed by atoms with Crippen molar-refractivity contribution in [3.63, 3.8) is 0 Å². The van der Waals surface area contributed by atoms with Gasteiger partial charge in [0.25, 0.3) is 5.91 Å². The molecule has 1 amide bonds. The van der Waals surface area contributed by atoms with Crippen molar-refractivity contribution in [1.82, 2.24) is 4.90 Å². The Kier molecular flexibility index (Phi) is 6.24. The van der Waals surface area contributed by atoms with E-state index in [1.807, 2.05) is 43.5 Å². The molecule has 3 rings (SSSR count). The van der Waals surface area contributed by atoms with Gasteiger partial charge in [0.1, 0.15) is 11.5 Å². The Morgan fingerprint density at radius 2 is 1.89 bits per heavy atom. The van der Waals surface area contributed by atoms with Gasteiger partial charge in [-0.05, 0) is 73.2 Å². The molecule has 4 nitrogen and oxygen atoms in total. The highest BCUT2D eigenvalue weighted by molar-refractivity contribution is 7.10. The highest BCUT2D eigenvalue weighted by atomic mass is 35.5. The van der Waals surface area contributed by atoms with E-state index in [0.717, 1.165) is 26.8 Å². The molecule has 6 heteroatoms. The van der Waals surface area contributed by atoms with Crippen molar-refractivity contribution in [2.45, 2.75) is 33.9 Å². The van der Waals surface area contributed by atoms with Gasteiger partial charge < -0.3 is 14.1 Å². The Hall–Kier alpha value is -2.24. The Morgan fingerprint density at radius 3 is 2.48 bits per heavy atom. The first-order valence-electron chi connectivity index (χ1n) is 8.66. The van der Waals surface area contributed by atoms with E-state index in [2.05, 4.69) is 13.0 Å². The number of rotatable bonds is 7. The lowest BCUT2D eigenvalue weighted by Crippen LogP contribution is -2.34. The summed E-state index contributed by atoms with van der Waals surface area (Å²) in [5, 5.41) is 2.76. The van der Waals surface area contributed by atoms with Crippen LogP contribution in [0.15, 0.2) is 46.4 Å². The van der Waals surface area contributed by atoms with Gasteiger partial charge >= 0.3 is 0 Å². The number of hydrogen-bond donors (Lipinski definition) is 0. The summed E-state index contributed by atoms with van der Waals surface area (Å²) in [6.45, 7) is 6.80. The zero-order chi connectivity index (χ0) is 19.4. The molecule has 0 aliphatic carbocycles. The maximum Gasteiger partial charge on any atom is 0.261 e. The predicted molar refractivity (Wildman–Crippen MR) is 108 cm³/mol.